The van der Waals surface area contributed by atoms with E-state index in [-0.39, 0.29) is 5.69 Å². The van der Waals surface area contributed by atoms with Crippen LogP contribution in [0.25, 0.3) is 5.69 Å². The van der Waals surface area contributed by atoms with E-state index in [0.717, 1.165) is 18.5 Å². The largest absolute Gasteiger partial charge is 0.489 e. The molecule has 0 fully saturated rings. The Morgan fingerprint density at radius 1 is 1.33 bits per heavy atom. The average Bonchev–Trinajstić information content (AvgIpc) is 2.89. The van der Waals surface area contributed by atoms with E-state index in [4.69, 9.17) is 4.74 Å². The van der Waals surface area contributed by atoms with Gasteiger partial charge in [-0.2, -0.15) is 5.10 Å². The fourth-order valence-electron chi connectivity index (χ4n) is 2.00. The highest BCUT2D eigenvalue weighted by Gasteiger charge is 2.17. The molecule has 2 rings (SSSR count). The van der Waals surface area contributed by atoms with Crippen LogP contribution in [-0.4, -0.2) is 27.5 Å². The van der Waals surface area contributed by atoms with E-state index in [9.17, 15) is 9.90 Å². The summed E-state index contributed by atoms with van der Waals surface area (Å²) in [6.45, 7) is 4.80. The van der Waals surface area contributed by atoms with Gasteiger partial charge in [-0.3, -0.25) is 0 Å². The summed E-state index contributed by atoms with van der Waals surface area (Å²) in [5, 5.41) is 13.3. The van der Waals surface area contributed by atoms with Gasteiger partial charge < -0.3 is 9.84 Å². The Bertz CT molecular complexity index is 591. The smallest absolute Gasteiger partial charge is 0.360 e. The fourth-order valence-corrected chi connectivity index (χ4v) is 2.00. The second kappa shape index (κ2) is 6.92. The molecule has 2 aromatic rings. The molecule has 5 heteroatoms. The molecule has 5 nitrogen and oxygen atoms in total. The van der Waals surface area contributed by atoms with Crippen LogP contribution in [0.5, 0.6) is 5.75 Å². The van der Waals surface area contributed by atoms with Crippen molar-refractivity contribution in [3.63, 3.8) is 0 Å². The summed E-state index contributed by atoms with van der Waals surface area (Å²) >= 11 is 0. The van der Waals surface area contributed by atoms with E-state index in [1.165, 1.54) is 4.68 Å². The number of carboxylic acid groups (broad SMARTS) is 1. The minimum absolute atomic E-state index is 0.0524. The lowest BCUT2D eigenvalue weighted by molar-refractivity contribution is 0.0685. The lowest BCUT2D eigenvalue weighted by Gasteiger charge is -2.06. The number of benzene rings is 1. The van der Waals surface area contributed by atoms with E-state index >= 15 is 0 Å². The highest BCUT2D eigenvalue weighted by atomic mass is 16.5. The number of rotatable bonds is 7. The van der Waals surface area contributed by atoms with Crippen LogP contribution < -0.4 is 4.74 Å². The summed E-state index contributed by atoms with van der Waals surface area (Å²) in [4.78, 5) is 11.3. The molecule has 0 unspecified atom stereocenters. The van der Waals surface area contributed by atoms with Crippen molar-refractivity contribution in [2.45, 2.75) is 26.7 Å². The third-order valence-corrected chi connectivity index (χ3v) is 3.09. The highest BCUT2D eigenvalue weighted by molar-refractivity contribution is 5.88. The van der Waals surface area contributed by atoms with Crippen molar-refractivity contribution in [1.82, 2.24) is 9.78 Å². The van der Waals surface area contributed by atoms with Crippen LogP contribution in [0.15, 0.2) is 36.5 Å². The molecular formula is C16H20N2O3. The average molecular weight is 288 g/mol. The second-order valence-electron chi connectivity index (χ2n) is 5.31. The van der Waals surface area contributed by atoms with Crippen molar-refractivity contribution < 1.29 is 14.6 Å². The molecule has 112 valence electrons. The summed E-state index contributed by atoms with van der Waals surface area (Å²) < 4.78 is 7.12. The molecule has 21 heavy (non-hydrogen) atoms. The van der Waals surface area contributed by atoms with Crippen molar-refractivity contribution in [3.8, 4) is 11.4 Å². The quantitative estimate of drug-likeness (QED) is 0.793. The lowest BCUT2D eigenvalue weighted by atomic mass is 10.1. The molecule has 1 aromatic carbocycles. The van der Waals surface area contributed by atoms with Gasteiger partial charge in [0.05, 0.1) is 18.5 Å². The second-order valence-corrected chi connectivity index (χ2v) is 5.31. The number of ether oxygens (including phenoxy) is 1. The van der Waals surface area contributed by atoms with Crippen LogP contribution in [0.3, 0.4) is 0 Å². The molecule has 0 amide bonds. The summed E-state index contributed by atoms with van der Waals surface area (Å²) in [6.07, 6.45) is 3.57. The molecule has 0 atom stereocenters. The lowest BCUT2D eigenvalue weighted by Crippen LogP contribution is -2.04. The zero-order chi connectivity index (χ0) is 15.2. The molecule has 1 aromatic heterocycles. The molecule has 1 N–H and O–H groups in total. The number of hydrogen-bond acceptors (Lipinski definition) is 3. The standard InChI is InChI=1S/C16H20N2O3/c1-12(2)7-6-10-21-14-11-18(17-15(14)16(19)20)13-8-4-3-5-9-13/h3-5,8-9,11-12H,6-7,10H2,1-2H3,(H,19,20). The zero-order valence-electron chi connectivity index (χ0n) is 12.3. The van der Waals surface area contributed by atoms with Crippen molar-refractivity contribution in [3.05, 3.63) is 42.2 Å². The van der Waals surface area contributed by atoms with E-state index in [0.29, 0.717) is 18.3 Å². The number of carboxylic acids is 1. The number of aromatic carboxylic acids is 1. The Morgan fingerprint density at radius 3 is 2.67 bits per heavy atom. The van der Waals surface area contributed by atoms with Gasteiger partial charge in [-0.25, -0.2) is 9.48 Å². The van der Waals surface area contributed by atoms with Gasteiger partial charge in [0, 0.05) is 0 Å². The summed E-state index contributed by atoms with van der Waals surface area (Å²) in [6, 6.07) is 9.37. The normalized spacial score (nSPS) is 10.8. The van der Waals surface area contributed by atoms with Gasteiger partial charge in [0.15, 0.2) is 5.75 Å². The van der Waals surface area contributed by atoms with Crippen molar-refractivity contribution in [2.24, 2.45) is 5.92 Å². The van der Waals surface area contributed by atoms with Gasteiger partial charge in [0.2, 0.25) is 5.69 Å². The van der Waals surface area contributed by atoms with E-state index in [2.05, 4.69) is 18.9 Å². The number of hydrogen-bond donors (Lipinski definition) is 1. The van der Waals surface area contributed by atoms with Crippen LogP contribution in [0, 0.1) is 5.92 Å². The van der Waals surface area contributed by atoms with Gasteiger partial charge in [-0.05, 0) is 30.9 Å². The molecule has 0 aliphatic carbocycles. The third kappa shape index (κ3) is 4.08. The summed E-state index contributed by atoms with van der Waals surface area (Å²) in [5.74, 6) is -0.154. The Hall–Kier alpha value is -2.30. The van der Waals surface area contributed by atoms with Gasteiger partial charge >= 0.3 is 5.97 Å². The van der Waals surface area contributed by atoms with Gasteiger partial charge in [0.1, 0.15) is 0 Å². The van der Waals surface area contributed by atoms with Crippen molar-refractivity contribution in [1.29, 1.82) is 0 Å². The van der Waals surface area contributed by atoms with E-state index in [1.54, 1.807) is 6.20 Å². The Kier molecular flexibility index (Phi) is 4.98. The predicted octanol–water partition coefficient (Wildman–Crippen LogP) is 3.39. The van der Waals surface area contributed by atoms with E-state index in [1.807, 2.05) is 30.3 Å². The highest BCUT2D eigenvalue weighted by Crippen LogP contribution is 2.20. The number of aromatic nitrogens is 2. The first-order chi connectivity index (χ1) is 10.1. The number of nitrogens with zero attached hydrogens (tertiary/aromatic N) is 2. The molecule has 0 saturated carbocycles. The Morgan fingerprint density at radius 2 is 2.05 bits per heavy atom. The summed E-state index contributed by atoms with van der Waals surface area (Å²) in [7, 11) is 0. The van der Waals surface area contributed by atoms with Gasteiger partial charge in [-0.1, -0.05) is 32.0 Å². The van der Waals surface area contributed by atoms with Crippen LogP contribution in [0.1, 0.15) is 37.2 Å². The van der Waals surface area contributed by atoms with Crippen LogP contribution in [0.2, 0.25) is 0 Å². The topological polar surface area (TPSA) is 64.4 Å². The summed E-state index contributed by atoms with van der Waals surface area (Å²) in [5.41, 5.74) is 0.750. The fraction of sp³-hybridized carbons (Fsp3) is 0.375. The van der Waals surface area contributed by atoms with E-state index < -0.39 is 5.97 Å². The first-order valence-electron chi connectivity index (χ1n) is 7.09. The molecule has 0 spiro atoms. The Labute approximate surface area is 124 Å². The van der Waals surface area contributed by atoms with Gasteiger partial charge in [-0.15, -0.1) is 0 Å². The molecule has 0 aliphatic heterocycles. The SMILES string of the molecule is CC(C)CCCOc1cn(-c2ccccc2)nc1C(=O)O. The molecule has 0 radical (unpaired) electrons. The van der Waals surface area contributed by atoms with Crippen LogP contribution in [0.4, 0.5) is 0 Å². The molecule has 0 saturated heterocycles. The maximum Gasteiger partial charge on any atom is 0.360 e. The first-order valence-corrected chi connectivity index (χ1v) is 7.09. The van der Waals surface area contributed by atoms with Crippen molar-refractivity contribution >= 4 is 5.97 Å². The molecule has 0 bridgehead atoms. The minimum Gasteiger partial charge on any atom is -0.489 e. The van der Waals surface area contributed by atoms with Crippen LogP contribution in [-0.2, 0) is 0 Å². The molecule has 1 heterocycles. The predicted molar refractivity (Wildman–Crippen MR) is 80.1 cm³/mol. The number of carbonyl (C=O) groups is 1. The monoisotopic (exact) mass is 288 g/mol. The Balaban J connectivity index is 2.12. The zero-order valence-corrected chi connectivity index (χ0v) is 12.3. The number of para-hydroxylation sites is 1. The third-order valence-electron chi connectivity index (χ3n) is 3.09. The maximum absolute atomic E-state index is 11.3. The van der Waals surface area contributed by atoms with Crippen LogP contribution >= 0.6 is 0 Å². The molecule has 0 aliphatic rings. The van der Waals surface area contributed by atoms with Crippen molar-refractivity contribution in [2.75, 3.05) is 6.61 Å². The minimum atomic E-state index is -1.08. The maximum atomic E-state index is 11.3. The first kappa shape index (κ1) is 15.1. The van der Waals surface area contributed by atoms with Gasteiger partial charge in [0.25, 0.3) is 0 Å². The molecular weight excluding hydrogens is 268 g/mol.